The van der Waals surface area contributed by atoms with E-state index in [1.54, 1.807) is 18.2 Å². The number of allylic oxidation sites excluding steroid dienone is 1. The van der Waals surface area contributed by atoms with Crippen molar-refractivity contribution in [3.63, 3.8) is 0 Å². The molecule has 26 heavy (non-hydrogen) atoms. The summed E-state index contributed by atoms with van der Waals surface area (Å²) < 4.78 is 56.7. The summed E-state index contributed by atoms with van der Waals surface area (Å²) in [4.78, 5) is 2.62. The van der Waals surface area contributed by atoms with E-state index in [2.05, 4.69) is 14.4 Å². The normalized spacial score (nSPS) is 18.5. The zero-order chi connectivity index (χ0) is 18.6. The van der Waals surface area contributed by atoms with Crippen molar-refractivity contribution < 1.29 is 21.9 Å². The fraction of sp³-hybridized carbons (Fsp3) is 0.556. The van der Waals surface area contributed by atoms with Crippen LogP contribution in [0, 0.1) is 0 Å². The number of ether oxygens (including phenoxy) is 1. The van der Waals surface area contributed by atoms with Crippen molar-refractivity contribution in [2.45, 2.75) is 38.7 Å². The molecule has 5 nitrogen and oxygen atoms in total. The lowest BCUT2D eigenvalue weighted by molar-refractivity contribution is -0.0498. The van der Waals surface area contributed by atoms with Crippen LogP contribution in [0.2, 0.25) is 0 Å². The molecule has 0 radical (unpaired) electrons. The third-order valence-electron chi connectivity index (χ3n) is 4.81. The molecular weight excluding hydrogens is 362 g/mol. The van der Waals surface area contributed by atoms with Crippen molar-refractivity contribution in [2.75, 3.05) is 26.2 Å². The van der Waals surface area contributed by atoms with Crippen molar-refractivity contribution in [2.24, 2.45) is 0 Å². The van der Waals surface area contributed by atoms with Crippen LogP contribution in [-0.2, 0) is 16.4 Å². The fourth-order valence-corrected chi connectivity index (χ4v) is 4.64. The monoisotopic (exact) mass is 386 g/mol. The van der Waals surface area contributed by atoms with E-state index in [9.17, 15) is 17.2 Å². The molecule has 1 heterocycles. The Balaban J connectivity index is 1.62. The summed E-state index contributed by atoms with van der Waals surface area (Å²) in [5.74, 6) is 0.0955. The van der Waals surface area contributed by atoms with Crippen LogP contribution in [0.5, 0.6) is 5.75 Å². The highest BCUT2D eigenvalue weighted by Gasteiger charge is 2.22. The summed E-state index contributed by atoms with van der Waals surface area (Å²) in [6, 6.07) is 4.60. The molecule has 0 bridgehead atoms. The predicted molar refractivity (Wildman–Crippen MR) is 96.6 cm³/mol. The van der Waals surface area contributed by atoms with Crippen molar-refractivity contribution >= 4 is 16.1 Å². The lowest BCUT2D eigenvalue weighted by atomic mass is 9.97. The number of hydrogen-bond acceptors (Lipinski definition) is 4. The quantitative estimate of drug-likeness (QED) is 0.783. The van der Waals surface area contributed by atoms with E-state index in [-0.39, 0.29) is 5.75 Å². The molecule has 1 N–H and O–H groups in total. The number of rotatable bonds is 7. The molecule has 1 saturated heterocycles. The summed E-state index contributed by atoms with van der Waals surface area (Å²) in [7, 11) is -3.52. The van der Waals surface area contributed by atoms with Crippen LogP contribution in [0.1, 0.15) is 36.8 Å². The molecule has 0 unspecified atom stereocenters. The van der Waals surface area contributed by atoms with E-state index in [0.717, 1.165) is 30.8 Å². The smallest absolute Gasteiger partial charge is 0.387 e. The molecular formula is C18H24F2N2O3S. The molecule has 1 aromatic rings. The minimum atomic E-state index is -3.52. The molecule has 0 spiro atoms. The number of sulfonamides is 1. The molecule has 0 amide bonds. The average Bonchev–Trinajstić information content (AvgIpc) is 2.61. The lowest BCUT2D eigenvalue weighted by Crippen LogP contribution is -2.38. The first-order valence-corrected chi connectivity index (χ1v) is 10.4. The maximum absolute atomic E-state index is 12.5. The van der Waals surface area contributed by atoms with Crippen LogP contribution < -0.4 is 9.46 Å². The van der Waals surface area contributed by atoms with Gasteiger partial charge in [-0.1, -0.05) is 12.5 Å². The number of piperidine rings is 1. The summed E-state index contributed by atoms with van der Waals surface area (Å²) in [5.41, 5.74) is 1.55. The van der Waals surface area contributed by atoms with Gasteiger partial charge in [-0.25, -0.2) is 13.1 Å². The van der Waals surface area contributed by atoms with Crippen molar-refractivity contribution in [3.05, 3.63) is 34.2 Å². The lowest BCUT2D eigenvalue weighted by Gasteiger charge is -2.26. The summed E-state index contributed by atoms with van der Waals surface area (Å²) >= 11 is 0. The first kappa shape index (κ1) is 19.3. The van der Waals surface area contributed by atoms with Gasteiger partial charge < -0.3 is 9.64 Å². The Kier molecular flexibility index (Phi) is 6.26. The molecule has 8 heteroatoms. The number of hydrogen-bond donors (Lipinski definition) is 1. The Labute approximate surface area is 153 Å². The van der Waals surface area contributed by atoms with Gasteiger partial charge in [0.2, 0.25) is 10.0 Å². The van der Waals surface area contributed by atoms with Crippen LogP contribution in [0.15, 0.2) is 23.1 Å². The van der Waals surface area contributed by atoms with Crippen LogP contribution in [-0.4, -0.2) is 46.1 Å². The SMILES string of the molecule is O=S(=O)(NCCN1CCCCC1)C1=Cc2ccc(OC(F)F)cc2CC1. The van der Waals surface area contributed by atoms with Crippen molar-refractivity contribution in [1.29, 1.82) is 0 Å². The standard InChI is InChI=1S/C18H24F2N2O3S/c19-18(20)25-16-6-4-15-13-17(7-5-14(15)12-16)26(23,24)21-8-11-22-9-2-1-3-10-22/h4,6,12-13,18,21H,1-3,5,7-11H2. The Morgan fingerprint density at radius 2 is 1.92 bits per heavy atom. The van der Waals surface area contributed by atoms with Gasteiger partial charge in [-0.05, 0) is 68.1 Å². The third-order valence-corrected chi connectivity index (χ3v) is 6.41. The Morgan fingerprint density at radius 1 is 1.15 bits per heavy atom. The van der Waals surface area contributed by atoms with Gasteiger partial charge in [-0.15, -0.1) is 0 Å². The van der Waals surface area contributed by atoms with E-state index in [1.807, 2.05) is 0 Å². The van der Waals surface area contributed by atoms with Gasteiger partial charge >= 0.3 is 6.61 Å². The van der Waals surface area contributed by atoms with Gasteiger partial charge in [0.05, 0.1) is 4.91 Å². The molecule has 0 saturated carbocycles. The van der Waals surface area contributed by atoms with Gasteiger partial charge in [-0.3, -0.25) is 0 Å². The van der Waals surface area contributed by atoms with E-state index >= 15 is 0 Å². The maximum Gasteiger partial charge on any atom is 0.387 e. The third kappa shape index (κ3) is 5.02. The minimum absolute atomic E-state index is 0.0955. The van der Waals surface area contributed by atoms with Crippen LogP contribution in [0.4, 0.5) is 8.78 Å². The second kappa shape index (κ2) is 8.45. The molecule has 1 fully saturated rings. The zero-order valence-corrected chi connectivity index (χ0v) is 15.4. The first-order chi connectivity index (χ1) is 12.4. The van der Waals surface area contributed by atoms with E-state index in [4.69, 9.17) is 0 Å². The number of nitrogens with one attached hydrogen (secondary N) is 1. The van der Waals surface area contributed by atoms with Gasteiger partial charge in [0.25, 0.3) is 0 Å². The van der Waals surface area contributed by atoms with Crippen molar-refractivity contribution in [3.8, 4) is 5.75 Å². The summed E-state index contributed by atoms with van der Waals surface area (Å²) in [5, 5.41) is 0. The maximum atomic E-state index is 12.5. The van der Waals surface area contributed by atoms with E-state index < -0.39 is 16.6 Å². The molecule has 144 valence electrons. The zero-order valence-electron chi connectivity index (χ0n) is 14.6. The second-order valence-electron chi connectivity index (χ2n) is 6.65. The van der Waals surface area contributed by atoms with Crippen LogP contribution >= 0.6 is 0 Å². The molecule has 3 rings (SSSR count). The molecule has 0 atom stereocenters. The van der Waals surface area contributed by atoms with Gasteiger partial charge in [0, 0.05) is 13.1 Å². The molecule has 1 aliphatic heterocycles. The Hall–Kier alpha value is -1.51. The number of benzene rings is 1. The fourth-order valence-electron chi connectivity index (χ4n) is 3.44. The number of halogens is 2. The van der Waals surface area contributed by atoms with E-state index in [0.29, 0.717) is 24.3 Å². The van der Waals surface area contributed by atoms with Gasteiger partial charge in [-0.2, -0.15) is 8.78 Å². The Bertz CT molecular complexity index is 760. The van der Waals surface area contributed by atoms with Crippen molar-refractivity contribution in [1.82, 2.24) is 9.62 Å². The van der Waals surface area contributed by atoms with Crippen LogP contribution in [0.25, 0.3) is 6.08 Å². The Morgan fingerprint density at radius 3 is 2.65 bits per heavy atom. The summed E-state index contributed by atoms with van der Waals surface area (Å²) in [6.07, 6.45) is 6.05. The van der Waals surface area contributed by atoms with Gasteiger partial charge in [0.15, 0.2) is 0 Å². The van der Waals surface area contributed by atoms with Gasteiger partial charge in [0.1, 0.15) is 5.75 Å². The molecule has 2 aliphatic rings. The first-order valence-electron chi connectivity index (χ1n) is 8.94. The topological polar surface area (TPSA) is 58.6 Å². The number of nitrogens with zero attached hydrogens (tertiary/aromatic N) is 1. The number of aryl methyl sites for hydroxylation is 1. The molecule has 1 aromatic carbocycles. The average molecular weight is 386 g/mol. The highest BCUT2D eigenvalue weighted by molar-refractivity contribution is 7.93. The number of fused-ring (bicyclic) bond motifs is 1. The highest BCUT2D eigenvalue weighted by atomic mass is 32.2. The molecule has 0 aromatic heterocycles. The number of alkyl halides is 2. The van der Waals surface area contributed by atoms with E-state index in [1.165, 1.54) is 25.3 Å². The predicted octanol–water partition coefficient (Wildman–Crippen LogP) is 2.98. The largest absolute Gasteiger partial charge is 0.435 e. The molecule has 1 aliphatic carbocycles. The van der Waals surface area contributed by atoms with Crippen LogP contribution in [0.3, 0.4) is 0 Å². The minimum Gasteiger partial charge on any atom is -0.435 e. The highest BCUT2D eigenvalue weighted by Crippen LogP contribution is 2.30. The second-order valence-corrected chi connectivity index (χ2v) is 8.47. The summed E-state index contributed by atoms with van der Waals surface area (Å²) in [6.45, 7) is 0.305. The number of likely N-dealkylation sites (tertiary alicyclic amines) is 1.